The fraction of sp³-hybridized carbons (Fsp3) is 0.300. The number of carbonyl (C=O) groups excluding carboxylic acids is 1. The van der Waals surface area contributed by atoms with Crippen LogP contribution in [0.15, 0.2) is 29.4 Å². The highest BCUT2D eigenvalue weighted by atomic mass is 16.3. The molecule has 0 fully saturated rings. The van der Waals surface area contributed by atoms with Crippen LogP contribution in [0.25, 0.3) is 10.4 Å². The largest absolute Gasteiger partial charge is 0.508 e. The molecule has 1 aromatic carbocycles. The second-order valence-electron chi connectivity index (χ2n) is 3.11. The van der Waals surface area contributed by atoms with Gasteiger partial charge in [-0.2, -0.15) is 0 Å². The van der Waals surface area contributed by atoms with Gasteiger partial charge in [0, 0.05) is 23.6 Å². The zero-order valence-electron chi connectivity index (χ0n) is 8.63. The van der Waals surface area contributed by atoms with Crippen molar-refractivity contribution in [1.29, 1.82) is 0 Å². The van der Waals surface area contributed by atoms with E-state index in [1.54, 1.807) is 18.2 Å². The van der Waals surface area contributed by atoms with Crippen LogP contribution >= 0.6 is 0 Å². The number of aromatic hydroxyl groups is 1. The van der Waals surface area contributed by atoms with Crippen LogP contribution in [0.4, 0.5) is 0 Å². The van der Waals surface area contributed by atoms with E-state index in [9.17, 15) is 9.90 Å². The van der Waals surface area contributed by atoms with E-state index in [-0.39, 0.29) is 24.6 Å². The predicted octanol–water partition coefficient (Wildman–Crippen LogP) is 1.36. The fourth-order valence-corrected chi connectivity index (χ4v) is 1.19. The first-order chi connectivity index (χ1) is 7.74. The summed E-state index contributed by atoms with van der Waals surface area (Å²) in [4.78, 5) is 13.9. The van der Waals surface area contributed by atoms with Gasteiger partial charge >= 0.3 is 0 Å². The van der Waals surface area contributed by atoms with Gasteiger partial charge in [0.25, 0.3) is 0 Å². The third-order valence-electron chi connectivity index (χ3n) is 1.94. The fourth-order valence-electron chi connectivity index (χ4n) is 1.19. The van der Waals surface area contributed by atoms with Crippen molar-refractivity contribution in [1.82, 2.24) is 5.32 Å². The lowest BCUT2D eigenvalue weighted by Gasteiger charge is -2.04. The molecule has 0 radical (unpaired) electrons. The standard InChI is InChI=1S/C10H12N4O2/c11-14-13-6-5-12-10(16)7-8-3-1-2-4-9(8)15/h1-4,15H,5-7H2,(H,12,16). The van der Waals surface area contributed by atoms with Crippen molar-refractivity contribution in [3.63, 3.8) is 0 Å². The number of rotatable bonds is 5. The molecule has 0 unspecified atom stereocenters. The average Bonchev–Trinajstić information content (AvgIpc) is 2.28. The van der Waals surface area contributed by atoms with Crippen molar-refractivity contribution < 1.29 is 9.90 Å². The number of amides is 1. The van der Waals surface area contributed by atoms with Gasteiger partial charge in [0.1, 0.15) is 5.75 Å². The van der Waals surface area contributed by atoms with Gasteiger partial charge < -0.3 is 10.4 Å². The van der Waals surface area contributed by atoms with Crippen LogP contribution in [-0.2, 0) is 11.2 Å². The van der Waals surface area contributed by atoms with Crippen LogP contribution in [0, 0.1) is 0 Å². The van der Waals surface area contributed by atoms with Crippen molar-refractivity contribution in [2.24, 2.45) is 5.11 Å². The van der Waals surface area contributed by atoms with E-state index in [1.807, 2.05) is 0 Å². The van der Waals surface area contributed by atoms with E-state index in [4.69, 9.17) is 5.53 Å². The SMILES string of the molecule is [N-]=[N+]=NCCNC(=O)Cc1ccccc1O. The lowest BCUT2D eigenvalue weighted by Crippen LogP contribution is -2.27. The number of nitrogens with one attached hydrogen (secondary N) is 1. The number of hydrogen-bond donors (Lipinski definition) is 2. The minimum atomic E-state index is -0.213. The first kappa shape index (κ1) is 11.9. The topological polar surface area (TPSA) is 98.1 Å². The molecule has 0 saturated carbocycles. The molecule has 1 amide bonds. The first-order valence-electron chi connectivity index (χ1n) is 4.78. The number of azide groups is 1. The Kier molecular flexibility index (Phi) is 4.69. The molecule has 0 aliphatic carbocycles. The van der Waals surface area contributed by atoms with Crippen LogP contribution in [0.2, 0.25) is 0 Å². The van der Waals surface area contributed by atoms with Crippen molar-refractivity contribution in [2.75, 3.05) is 13.1 Å². The molecule has 0 heterocycles. The lowest BCUT2D eigenvalue weighted by atomic mass is 10.1. The summed E-state index contributed by atoms with van der Waals surface area (Å²) in [5.74, 6) is -0.109. The number of benzene rings is 1. The lowest BCUT2D eigenvalue weighted by molar-refractivity contribution is -0.120. The van der Waals surface area contributed by atoms with E-state index in [0.29, 0.717) is 12.1 Å². The smallest absolute Gasteiger partial charge is 0.224 e. The van der Waals surface area contributed by atoms with Crippen molar-refractivity contribution in [3.8, 4) is 5.75 Å². The first-order valence-corrected chi connectivity index (χ1v) is 4.78. The van der Waals surface area contributed by atoms with Crippen LogP contribution in [0.5, 0.6) is 5.75 Å². The Morgan fingerprint density at radius 1 is 1.50 bits per heavy atom. The molecule has 1 rings (SSSR count). The van der Waals surface area contributed by atoms with E-state index < -0.39 is 0 Å². The molecule has 0 aliphatic rings. The molecule has 6 nitrogen and oxygen atoms in total. The number of carbonyl (C=O) groups is 1. The highest BCUT2D eigenvalue weighted by Gasteiger charge is 2.05. The monoisotopic (exact) mass is 220 g/mol. The summed E-state index contributed by atoms with van der Waals surface area (Å²) in [5.41, 5.74) is 8.59. The number of phenols is 1. The summed E-state index contributed by atoms with van der Waals surface area (Å²) >= 11 is 0. The Balaban J connectivity index is 2.40. The Hall–Kier alpha value is -2.20. The molecule has 0 spiro atoms. The second-order valence-corrected chi connectivity index (χ2v) is 3.11. The molecule has 0 saturated heterocycles. The zero-order chi connectivity index (χ0) is 11.8. The normalized spacial score (nSPS) is 9.25. The van der Waals surface area contributed by atoms with Crippen molar-refractivity contribution in [3.05, 3.63) is 40.3 Å². The summed E-state index contributed by atoms with van der Waals surface area (Å²) in [6.07, 6.45) is 0.114. The third kappa shape index (κ3) is 3.89. The summed E-state index contributed by atoms with van der Waals surface area (Å²) in [5, 5.41) is 15.3. The number of para-hydroxylation sites is 1. The van der Waals surface area contributed by atoms with Gasteiger partial charge in [0.2, 0.25) is 5.91 Å². The molecular weight excluding hydrogens is 208 g/mol. The summed E-state index contributed by atoms with van der Waals surface area (Å²) in [7, 11) is 0. The minimum absolute atomic E-state index is 0.104. The Labute approximate surface area is 92.5 Å². The molecule has 0 bridgehead atoms. The second kappa shape index (κ2) is 6.31. The number of hydrogen-bond acceptors (Lipinski definition) is 3. The van der Waals surface area contributed by atoms with Gasteiger partial charge in [-0.25, -0.2) is 0 Å². The van der Waals surface area contributed by atoms with E-state index in [0.717, 1.165) is 0 Å². The van der Waals surface area contributed by atoms with E-state index >= 15 is 0 Å². The van der Waals surface area contributed by atoms with Gasteiger partial charge in [-0.15, -0.1) is 0 Å². The van der Waals surface area contributed by atoms with Gasteiger partial charge in [-0.3, -0.25) is 4.79 Å². The maximum atomic E-state index is 11.4. The maximum absolute atomic E-state index is 11.4. The molecule has 6 heteroatoms. The van der Waals surface area contributed by atoms with Crippen LogP contribution in [0.3, 0.4) is 0 Å². The molecule has 84 valence electrons. The van der Waals surface area contributed by atoms with Gasteiger partial charge in [0.05, 0.1) is 6.42 Å². The van der Waals surface area contributed by atoms with Crippen molar-refractivity contribution >= 4 is 5.91 Å². The molecule has 1 aromatic rings. The molecule has 2 N–H and O–H groups in total. The van der Waals surface area contributed by atoms with E-state index in [2.05, 4.69) is 15.3 Å². The summed E-state index contributed by atoms with van der Waals surface area (Å²) in [6.45, 7) is 0.527. The number of phenolic OH excluding ortho intramolecular Hbond substituents is 1. The Morgan fingerprint density at radius 3 is 2.94 bits per heavy atom. The quantitative estimate of drug-likeness (QED) is 0.339. The summed E-state index contributed by atoms with van der Waals surface area (Å²) < 4.78 is 0. The average molecular weight is 220 g/mol. The third-order valence-corrected chi connectivity index (χ3v) is 1.94. The van der Waals surface area contributed by atoms with Gasteiger partial charge in [-0.1, -0.05) is 23.3 Å². The zero-order valence-corrected chi connectivity index (χ0v) is 8.63. The minimum Gasteiger partial charge on any atom is -0.508 e. The summed E-state index contributed by atoms with van der Waals surface area (Å²) in [6, 6.07) is 6.66. The molecule has 0 atom stereocenters. The highest BCUT2D eigenvalue weighted by molar-refractivity contribution is 5.79. The highest BCUT2D eigenvalue weighted by Crippen LogP contribution is 2.15. The predicted molar refractivity (Wildman–Crippen MR) is 58.8 cm³/mol. The van der Waals surface area contributed by atoms with E-state index in [1.165, 1.54) is 6.07 Å². The van der Waals surface area contributed by atoms with Crippen LogP contribution in [-0.4, -0.2) is 24.1 Å². The van der Waals surface area contributed by atoms with Crippen LogP contribution < -0.4 is 5.32 Å². The maximum Gasteiger partial charge on any atom is 0.224 e. The molecular formula is C10H12N4O2. The Bertz CT molecular complexity index is 413. The van der Waals surface area contributed by atoms with Crippen LogP contribution in [0.1, 0.15) is 5.56 Å². The van der Waals surface area contributed by atoms with Crippen molar-refractivity contribution in [2.45, 2.75) is 6.42 Å². The van der Waals surface area contributed by atoms with Gasteiger partial charge in [-0.05, 0) is 11.6 Å². The Morgan fingerprint density at radius 2 is 2.25 bits per heavy atom. The van der Waals surface area contributed by atoms with Gasteiger partial charge in [0.15, 0.2) is 0 Å². The molecule has 0 aliphatic heterocycles. The number of nitrogens with zero attached hydrogens (tertiary/aromatic N) is 3. The molecule has 16 heavy (non-hydrogen) atoms. The molecule has 0 aromatic heterocycles.